The van der Waals surface area contributed by atoms with Crippen LogP contribution in [0.5, 0.6) is 28.7 Å². The van der Waals surface area contributed by atoms with E-state index in [1.807, 2.05) is 6.07 Å². The van der Waals surface area contributed by atoms with E-state index >= 15 is 0 Å². The lowest BCUT2D eigenvalue weighted by Gasteiger charge is -2.25. The molecule has 0 bridgehead atoms. The van der Waals surface area contributed by atoms with Crippen molar-refractivity contribution in [3.8, 4) is 39.9 Å². The largest absolute Gasteiger partial charge is 0.508 e. The summed E-state index contributed by atoms with van der Waals surface area (Å²) in [5, 5.41) is 24.6. The molecule has 2 aliphatic carbocycles. The Balaban J connectivity index is 1.39. The first-order valence-corrected chi connectivity index (χ1v) is 15.3. The molecule has 1 aliphatic heterocycles. The number of phenols is 2. The molecule has 1 heterocycles. The van der Waals surface area contributed by atoms with Crippen molar-refractivity contribution in [2.45, 2.75) is 70.4 Å². The van der Waals surface area contributed by atoms with Crippen molar-refractivity contribution in [1.29, 1.82) is 0 Å². The molecular weight excluding hydrogens is 546 g/mol. The van der Waals surface area contributed by atoms with E-state index in [9.17, 15) is 15.0 Å². The molecule has 8 heteroatoms. The molecule has 3 aromatic rings. The number of phenolic OH excluding ortho intramolecular Hbond substituents is 2. The van der Waals surface area contributed by atoms with Gasteiger partial charge >= 0.3 is 5.97 Å². The van der Waals surface area contributed by atoms with Crippen LogP contribution in [0.15, 0.2) is 36.4 Å². The maximum Gasteiger partial charge on any atom is 0.302 e. The highest BCUT2D eigenvalue weighted by Crippen LogP contribution is 2.54. The summed E-state index contributed by atoms with van der Waals surface area (Å²) < 4.78 is 23.7. The number of aryl methyl sites for hydroxylation is 1. The van der Waals surface area contributed by atoms with Crippen molar-refractivity contribution in [3.05, 3.63) is 64.2 Å². The second-order valence-electron chi connectivity index (χ2n) is 12.0. The van der Waals surface area contributed by atoms with Gasteiger partial charge in [-0.1, -0.05) is 31.4 Å². The van der Waals surface area contributed by atoms with Crippen molar-refractivity contribution in [2.75, 3.05) is 27.4 Å². The Hall–Kier alpha value is -3.91. The zero-order valence-corrected chi connectivity index (χ0v) is 25.2. The molecule has 3 aromatic carbocycles. The third-order valence-electron chi connectivity index (χ3n) is 9.29. The van der Waals surface area contributed by atoms with E-state index in [4.69, 9.17) is 18.9 Å². The molecule has 1 fully saturated rings. The fourth-order valence-corrected chi connectivity index (χ4v) is 7.19. The lowest BCUT2D eigenvalue weighted by molar-refractivity contribution is -0.141. The van der Waals surface area contributed by atoms with Gasteiger partial charge in [-0.2, -0.15) is 0 Å². The second kappa shape index (κ2) is 12.4. The molecule has 6 rings (SSSR count). The normalized spacial score (nSPS) is 19.1. The number of carbonyl (C=O) groups is 1. The van der Waals surface area contributed by atoms with Crippen molar-refractivity contribution < 1.29 is 34.0 Å². The number of aromatic hydroxyl groups is 2. The molecule has 0 radical (unpaired) electrons. The molecule has 0 amide bonds. The molecule has 8 nitrogen and oxygen atoms in total. The molecule has 228 valence electrons. The number of hydrogen-bond donors (Lipinski definition) is 3. The predicted molar refractivity (Wildman–Crippen MR) is 163 cm³/mol. The smallest absolute Gasteiger partial charge is 0.302 e. The van der Waals surface area contributed by atoms with Crippen molar-refractivity contribution >= 4 is 5.97 Å². The van der Waals surface area contributed by atoms with Gasteiger partial charge in [-0.15, -0.1) is 0 Å². The molecular formula is C35H41NO7. The van der Waals surface area contributed by atoms with Gasteiger partial charge in [-0.3, -0.25) is 4.79 Å². The molecule has 43 heavy (non-hydrogen) atoms. The Morgan fingerprint density at radius 3 is 2.51 bits per heavy atom. The zero-order chi connectivity index (χ0) is 30.1. The van der Waals surface area contributed by atoms with Crippen LogP contribution >= 0.6 is 0 Å². The lowest BCUT2D eigenvalue weighted by Crippen LogP contribution is -2.25. The Labute approximate surface area is 252 Å². The molecule has 3 N–H and O–H groups in total. The lowest BCUT2D eigenvalue weighted by atomic mass is 9.81. The minimum Gasteiger partial charge on any atom is -0.508 e. The van der Waals surface area contributed by atoms with Crippen molar-refractivity contribution in [1.82, 2.24) is 5.32 Å². The van der Waals surface area contributed by atoms with Crippen LogP contribution in [0.25, 0.3) is 11.1 Å². The van der Waals surface area contributed by atoms with Gasteiger partial charge in [0.05, 0.1) is 20.1 Å². The Morgan fingerprint density at radius 2 is 1.77 bits per heavy atom. The summed E-state index contributed by atoms with van der Waals surface area (Å²) in [6, 6.07) is 11.2. The second-order valence-corrected chi connectivity index (χ2v) is 12.0. The van der Waals surface area contributed by atoms with E-state index in [0.29, 0.717) is 24.0 Å². The summed E-state index contributed by atoms with van der Waals surface area (Å²) in [6.45, 7) is 3.09. The van der Waals surface area contributed by atoms with Gasteiger partial charge in [0.1, 0.15) is 30.0 Å². The first kappa shape index (κ1) is 29.2. The summed E-state index contributed by atoms with van der Waals surface area (Å²) >= 11 is 0. The highest BCUT2D eigenvalue weighted by Gasteiger charge is 2.41. The maximum atomic E-state index is 12.0. The van der Waals surface area contributed by atoms with Crippen molar-refractivity contribution in [3.63, 3.8) is 0 Å². The summed E-state index contributed by atoms with van der Waals surface area (Å²) in [4.78, 5) is 12.0. The van der Waals surface area contributed by atoms with Gasteiger partial charge in [0, 0.05) is 41.8 Å². The van der Waals surface area contributed by atoms with Crippen LogP contribution in [-0.2, 0) is 28.9 Å². The van der Waals surface area contributed by atoms with E-state index in [1.54, 1.807) is 32.4 Å². The van der Waals surface area contributed by atoms with Crippen LogP contribution in [0, 0.1) is 5.92 Å². The van der Waals surface area contributed by atoms with Gasteiger partial charge < -0.3 is 34.5 Å². The monoisotopic (exact) mass is 587 g/mol. The minimum absolute atomic E-state index is 0.0806. The van der Waals surface area contributed by atoms with Gasteiger partial charge in [0.25, 0.3) is 0 Å². The van der Waals surface area contributed by atoms with Gasteiger partial charge in [-0.05, 0) is 73.0 Å². The van der Waals surface area contributed by atoms with Crippen LogP contribution < -0.4 is 19.5 Å². The van der Waals surface area contributed by atoms with Gasteiger partial charge in [0.2, 0.25) is 0 Å². The Kier molecular flexibility index (Phi) is 8.39. The highest BCUT2D eigenvalue weighted by molar-refractivity contribution is 5.82. The van der Waals surface area contributed by atoms with Gasteiger partial charge in [0.15, 0.2) is 11.5 Å². The number of benzene rings is 3. The quantitative estimate of drug-likeness (QED) is 0.250. The number of nitrogens with one attached hydrogen (secondary N) is 1. The standard InChI is InChI=1S/C35H41NO7/c1-20(37)42-19-29-27-12-11-25-26(10-9-22-13-24(38)15-32(41-3)33(22)25)34(27)43-35(29)28-16-31(40-2)30(39)14-23(28)18-36-17-21-7-5-4-6-8-21/h11-16,21,29,35-36,38-39H,4-10,17-19H2,1-3H3/t29-,35+/m0/s1. The van der Waals surface area contributed by atoms with E-state index < -0.39 is 6.10 Å². The number of rotatable bonds is 9. The van der Waals surface area contributed by atoms with E-state index in [2.05, 4.69) is 17.4 Å². The van der Waals surface area contributed by atoms with E-state index in [1.165, 1.54) is 39.0 Å². The molecule has 0 saturated heterocycles. The van der Waals surface area contributed by atoms with Crippen LogP contribution in [0.1, 0.15) is 78.9 Å². The summed E-state index contributed by atoms with van der Waals surface area (Å²) in [6.07, 6.45) is 7.40. The number of ether oxygens (including phenoxy) is 4. The minimum atomic E-state index is -0.454. The zero-order valence-electron chi connectivity index (χ0n) is 25.2. The number of esters is 1. The maximum absolute atomic E-state index is 12.0. The summed E-state index contributed by atoms with van der Waals surface area (Å²) in [5.74, 6) is 2.13. The molecule has 3 aliphatic rings. The van der Waals surface area contributed by atoms with Crippen LogP contribution in [-0.4, -0.2) is 43.6 Å². The van der Waals surface area contributed by atoms with Crippen LogP contribution in [0.3, 0.4) is 0 Å². The number of methoxy groups -OCH3 is 2. The van der Waals surface area contributed by atoms with E-state index in [0.717, 1.165) is 64.1 Å². The molecule has 2 atom stereocenters. The molecule has 1 saturated carbocycles. The summed E-state index contributed by atoms with van der Waals surface area (Å²) in [5.41, 5.74) is 6.90. The average molecular weight is 588 g/mol. The average Bonchev–Trinajstić information content (AvgIpc) is 3.38. The first-order chi connectivity index (χ1) is 20.9. The summed E-state index contributed by atoms with van der Waals surface area (Å²) in [7, 11) is 3.15. The third-order valence-corrected chi connectivity index (χ3v) is 9.29. The fraction of sp³-hybridized carbons (Fsp3) is 0.457. The SMILES string of the molecule is COc1cc([C@H]2Oc3c(ccc4c3CCc3cc(O)cc(OC)c3-4)[C@@H]2COC(C)=O)c(CNCC2CCCCC2)cc1O. The topological polar surface area (TPSA) is 106 Å². The number of hydrogen-bond acceptors (Lipinski definition) is 8. The molecule has 0 spiro atoms. The van der Waals surface area contributed by atoms with E-state index in [-0.39, 0.29) is 30.0 Å². The number of fused-ring (bicyclic) bond motifs is 5. The third kappa shape index (κ3) is 5.73. The predicted octanol–water partition coefficient (Wildman–Crippen LogP) is 6.33. The highest BCUT2D eigenvalue weighted by atomic mass is 16.5. The Morgan fingerprint density at radius 1 is 0.977 bits per heavy atom. The first-order valence-electron chi connectivity index (χ1n) is 15.3. The Bertz CT molecular complexity index is 1490. The van der Waals surface area contributed by atoms with Gasteiger partial charge in [-0.25, -0.2) is 0 Å². The fourth-order valence-electron chi connectivity index (χ4n) is 7.19. The molecule has 0 aromatic heterocycles. The van der Waals surface area contributed by atoms with Crippen molar-refractivity contribution in [2.24, 2.45) is 5.92 Å². The molecule has 0 unspecified atom stereocenters. The van der Waals surface area contributed by atoms with Crippen LogP contribution in [0.2, 0.25) is 0 Å². The van der Waals surface area contributed by atoms with Crippen LogP contribution in [0.4, 0.5) is 0 Å². The number of carbonyl (C=O) groups excluding carboxylic acids is 1.